The standard InChI is InChI=1S/C13H11Cl2N3O/c14-9-2-1-3-10(15)7(9)4-12-17-11-6-16-5-8(11)13(19)18-12/h1-3,16H,4-6H2,(H,17,18,19). The van der Waals surface area contributed by atoms with Crippen LogP contribution in [-0.4, -0.2) is 9.97 Å². The molecule has 0 radical (unpaired) electrons. The van der Waals surface area contributed by atoms with Gasteiger partial charge in [0.15, 0.2) is 0 Å². The van der Waals surface area contributed by atoms with Gasteiger partial charge in [0.05, 0.1) is 11.3 Å². The molecule has 98 valence electrons. The highest BCUT2D eigenvalue weighted by Crippen LogP contribution is 2.26. The average molecular weight is 296 g/mol. The van der Waals surface area contributed by atoms with E-state index >= 15 is 0 Å². The lowest BCUT2D eigenvalue weighted by Crippen LogP contribution is -2.17. The van der Waals surface area contributed by atoms with Gasteiger partial charge in [0.25, 0.3) is 5.56 Å². The minimum absolute atomic E-state index is 0.0897. The summed E-state index contributed by atoms with van der Waals surface area (Å²) in [5, 5.41) is 4.26. The Hall–Kier alpha value is -1.36. The van der Waals surface area contributed by atoms with Crippen LogP contribution in [0.15, 0.2) is 23.0 Å². The zero-order chi connectivity index (χ0) is 13.4. The third-order valence-corrected chi connectivity index (χ3v) is 3.86. The second kappa shape index (κ2) is 4.96. The Morgan fingerprint density at radius 1 is 1.21 bits per heavy atom. The predicted octanol–water partition coefficient (Wildman–Crippen LogP) is 2.27. The van der Waals surface area contributed by atoms with Crippen molar-refractivity contribution in [2.75, 3.05) is 0 Å². The normalized spacial score (nSPS) is 13.6. The van der Waals surface area contributed by atoms with E-state index in [-0.39, 0.29) is 5.56 Å². The summed E-state index contributed by atoms with van der Waals surface area (Å²) in [7, 11) is 0. The third kappa shape index (κ3) is 2.39. The maximum Gasteiger partial charge on any atom is 0.255 e. The van der Waals surface area contributed by atoms with Crippen LogP contribution in [0.3, 0.4) is 0 Å². The first kappa shape index (κ1) is 12.7. The summed E-state index contributed by atoms with van der Waals surface area (Å²) < 4.78 is 0. The number of H-pyrrole nitrogens is 1. The number of nitrogens with one attached hydrogen (secondary N) is 2. The summed E-state index contributed by atoms with van der Waals surface area (Å²) in [6, 6.07) is 5.34. The van der Waals surface area contributed by atoms with Gasteiger partial charge in [0, 0.05) is 29.6 Å². The molecule has 0 spiro atoms. The van der Waals surface area contributed by atoms with E-state index in [1.165, 1.54) is 0 Å². The van der Waals surface area contributed by atoms with Crippen molar-refractivity contribution in [3.05, 3.63) is 61.2 Å². The van der Waals surface area contributed by atoms with Crippen LogP contribution in [0.5, 0.6) is 0 Å². The molecule has 1 aromatic heterocycles. The largest absolute Gasteiger partial charge is 0.310 e. The fourth-order valence-corrected chi connectivity index (χ4v) is 2.71. The molecular formula is C13H11Cl2N3O. The van der Waals surface area contributed by atoms with Crippen LogP contribution < -0.4 is 10.9 Å². The first-order valence-electron chi connectivity index (χ1n) is 5.89. The number of hydrogen-bond acceptors (Lipinski definition) is 3. The molecule has 2 aromatic rings. The predicted molar refractivity (Wildman–Crippen MR) is 74.7 cm³/mol. The Morgan fingerprint density at radius 2 is 1.95 bits per heavy atom. The van der Waals surface area contributed by atoms with Crippen molar-refractivity contribution in [3.8, 4) is 0 Å². The molecule has 2 N–H and O–H groups in total. The van der Waals surface area contributed by atoms with Crippen LogP contribution in [0.4, 0.5) is 0 Å². The fraction of sp³-hybridized carbons (Fsp3) is 0.231. The van der Waals surface area contributed by atoms with Crippen LogP contribution in [0.1, 0.15) is 22.6 Å². The van der Waals surface area contributed by atoms with Crippen LogP contribution >= 0.6 is 23.2 Å². The van der Waals surface area contributed by atoms with Crippen molar-refractivity contribution < 1.29 is 0 Å². The summed E-state index contributed by atoms with van der Waals surface area (Å²) in [5.41, 5.74) is 2.21. The van der Waals surface area contributed by atoms with Gasteiger partial charge in [-0.05, 0) is 17.7 Å². The SMILES string of the molecule is O=c1[nH]c(Cc2c(Cl)cccc2Cl)nc2c1CNC2. The lowest BCUT2D eigenvalue weighted by atomic mass is 10.1. The molecule has 0 saturated carbocycles. The Bertz CT molecular complexity index is 677. The molecular weight excluding hydrogens is 285 g/mol. The summed E-state index contributed by atoms with van der Waals surface area (Å²) >= 11 is 12.2. The Balaban J connectivity index is 2.01. The zero-order valence-electron chi connectivity index (χ0n) is 9.96. The van der Waals surface area contributed by atoms with Gasteiger partial charge in [-0.2, -0.15) is 0 Å². The molecule has 1 aromatic carbocycles. The maximum absolute atomic E-state index is 11.9. The maximum atomic E-state index is 11.9. The number of halogens is 2. The molecule has 0 aliphatic carbocycles. The summed E-state index contributed by atoms with van der Waals surface area (Å²) in [6.45, 7) is 1.20. The highest BCUT2D eigenvalue weighted by Gasteiger charge is 2.17. The van der Waals surface area contributed by atoms with Crippen LogP contribution in [0.25, 0.3) is 0 Å². The van der Waals surface area contributed by atoms with Gasteiger partial charge in [-0.25, -0.2) is 4.98 Å². The van der Waals surface area contributed by atoms with E-state index in [9.17, 15) is 4.79 Å². The van der Waals surface area contributed by atoms with E-state index in [1.807, 2.05) is 0 Å². The van der Waals surface area contributed by atoms with Gasteiger partial charge >= 0.3 is 0 Å². The molecule has 2 heterocycles. The molecule has 0 fully saturated rings. The molecule has 19 heavy (non-hydrogen) atoms. The van der Waals surface area contributed by atoms with Crippen molar-refractivity contribution in [1.29, 1.82) is 0 Å². The van der Waals surface area contributed by atoms with E-state index in [0.29, 0.717) is 40.9 Å². The number of aromatic amines is 1. The quantitative estimate of drug-likeness (QED) is 0.894. The summed E-state index contributed by atoms with van der Waals surface area (Å²) in [4.78, 5) is 19.1. The van der Waals surface area contributed by atoms with Crippen LogP contribution in [-0.2, 0) is 19.5 Å². The summed E-state index contributed by atoms with van der Waals surface area (Å²) in [5.74, 6) is 0.586. The second-order valence-electron chi connectivity index (χ2n) is 4.42. The molecule has 0 amide bonds. The monoisotopic (exact) mass is 295 g/mol. The first-order chi connectivity index (χ1) is 9.15. The average Bonchev–Trinajstić information content (AvgIpc) is 2.83. The van der Waals surface area contributed by atoms with Crippen LogP contribution in [0.2, 0.25) is 10.0 Å². The van der Waals surface area contributed by atoms with Crippen molar-refractivity contribution in [2.45, 2.75) is 19.5 Å². The third-order valence-electron chi connectivity index (χ3n) is 3.15. The molecule has 6 heteroatoms. The van der Waals surface area contributed by atoms with E-state index in [0.717, 1.165) is 11.3 Å². The van der Waals surface area contributed by atoms with Crippen LogP contribution in [0, 0.1) is 0 Å². The molecule has 4 nitrogen and oxygen atoms in total. The highest BCUT2D eigenvalue weighted by atomic mass is 35.5. The molecule has 0 unspecified atom stereocenters. The first-order valence-corrected chi connectivity index (χ1v) is 6.65. The number of hydrogen-bond donors (Lipinski definition) is 2. The van der Waals surface area contributed by atoms with E-state index in [4.69, 9.17) is 23.2 Å². The molecule has 3 rings (SSSR count). The zero-order valence-corrected chi connectivity index (χ0v) is 11.5. The van der Waals surface area contributed by atoms with Crippen molar-refractivity contribution in [1.82, 2.24) is 15.3 Å². The highest BCUT2D eigenvalue weighted by molar-refractivity contribution is 6.36. The fourth-order valence-electron chi connectivity index (χ4n) is 2.18. The molecule has 1 aliphatic heterocycles. The van der Waals surface area contributed by atoms with Gasteiger partial charge in [-0.3, -0.25) is 4.79 Å². The van der Waals surface area contributed by atoms with Gasteiger partial charge in [0.1, 0.15) is 5.82 Å². The molecule has 0 bridgehead atoms. The Labute approximate surface area is 119 Å². The number of benzene rings is 1. The minimum atomic E-state index is -0.0897. The lowest BCUT2D eigenvalue weighted by molar-refractivity contribution is 0.755. The summed E-state index contributed by atoms with van der Waals surface area (Å²) in [6.07, 6.45) is 0.418. The number of rotatable bonds is 2. The smallest absolute Gasteiger partial charge is 0.255 e. The number of nitrogens with zero attached hydrogens (tertiary/aromatic N) is 1. The molecule has 0 atom stereocenters. The number of aromatic nitrogens is 2. The number of fused-ring (bicyclic) bond motifs is 1. The Morgan fingerprint density at radius 3 is 2.68 bits per heavy atom. The van der Waals surface area contributed by atoms with E-state index < -0.39 is 0 Å². The topological polar surface area (TPSA) is 57.8 Å². The van der Waals surface area contributed by atoms with Crippen molar-refractivity contribution >= 4 is 23.2 Å². The van der Waals surface area contributed by atoms with Gasteiger partial charge in [-0.15, -0.1) is 0 Å². The Kier molecular flexibility index (Phi) is 3.31. The van der Waals surface area contributed by atoms with Gasteiger partial charge in [-0.1, -0.05) is 29.3 Å². The minimum Gasteiger partial charge on any atom is -0.310 e. The molecule has 1 aliphatic rings. The molecule has 0 saturated heterocycles. The second-order valence-corrected chi connectivity index (χ2v) is 5.23. The van der Waals surface area contributed by atoms with Crippen molar-refractivity contribution in [2.24, 2.45) is 0 Å². The van der Waals surface area contributed by atoms with Gasteiger partial charge < -0.3 is 10.3 Å². The van der Waals surface area contributed by atoms with E-state index in [1.54, 1.807) is 18.2 Å². The van der Waals surface area contributed by atoms with Crippen molar-refractivity contribution in [3.63, 3.8) is 0 Å². The van der Waals surface area contributed by atoms with E-state index in [2.05, 4.69) is 15.3 Å². The van der Waals surface area contributed by atoms with Gasteiger partial charge in [0.2, 0.25) is 0 Å². The lowest BCUT2D eigenvalue weighted by Gasteiger charge is -2.07.